The Kier molecular flexibility index (Phi) is 7.27. The molecule has 3 rings (SSSR count). The smallest absolute Gasteiger partial charge is 0.271 e. The van der Waals surface area contributed by atoms with Gasteiger partial charge in [-0.1, -0.05) is 45.7 Å². The second-order valence-corrected chi connectivity index (χ2v) is 7.35. The minimum absolute atomic E-state index is 0.305. The molecule has 0 aromatic heterocycles. The second-order valence-electron chi connectivity index (χ2n) is 6.00. The number of amides is 1. The number of halogens is 2. The zero-order valence-electron chi connectivity index (χ0n) is 15.6. The SMILES string of the molecule is COc1cccc(/C=N/NC(=O)c2ccc(Br)cc2)c1OCc1ccc(Cl)cc1. The molecular weight excluding hydrogens is 456 g/mol. The van der Waals surface area contributed by atoms with E-state index in [0.29, 0.717) is 34.3 Å². The molecular formula is C22H18BrClN2O3. The molecule has 0 spiro atoms. The summed E-state index contributed by atoms with van der Waals surface area (Å²) in [5, 5.41) is 4.72. The molecule has 0 atom stereocenters. The summed E-state index contributed by atoms with van der Waals surface area (Å²) in [6.07, 6.45) is 1.52. The van der Waals surface area contributed by atoms with Gasteiger partial charge in [0.25, 0.3) is 5.91 Å². The van der Waals surface area contributed by atoms with Crippen LogP contribution in [0.4, 0.5) is 0 Å². The van der Waals surface area contributed by atoms with Gasteiger partial charge >= 0.3 is 0 Å². The Morgan fingerprint density at radius 2 is 1.83 bits per heavy atom. The molecule has 0 heterocycles. The number of hydrogen-bond acceptors (Lipinski definition) is 4. The lowest BCUT2D eigenvalue weighted by atomic mass is 10.2. The number of carbonyl (C=O) groups is 1. The lowest BCUT2D eigenvalue weighted by Crippen LogP contribution is -2.17. The Bertz CT molecular complexity index is 1010. The maximum atomic E-state index is 12.2. The Morgan fingerprint density at radius 1 is 1.10 bits per heavy atom. The maximum Gasteiger partial charge on any atom is 0.271 e. The Labute approximate surface area is 182 Å². The van der Waals surface area contributed by atoms with Gasteiger partial charge in [-0.05, 0) is 54.1 Å². The predicted molar refractivity (Wildman–Crippen MR) is 118 cm³/mol. The van der Waals surface area contributed by atoms with E-state index in [9.17, 15) is 4.79 Å². The van der Waals surface area contributed by atoms with Crippen LogP contribution in [0.5, 0.6) is 11.5 Å². The van der Waals surface area contributed by atoms with Gasteiger partial charge in [0.15, 0.2) is 11.5 Å². The maximum absolute atomic E-state index is 12.2. The van der Waals surface area contributed by atoms with Crippen LogP contribution >= 0.6 is 27.5 Å². The number of nitrogens with one attached hydrogen (secondary N) is 1. The number of hydrazone groups is 1. The number of hydrogen-bond donors (Lipinski definition) is 1. The topological polar surface area (TPSA) is 59.9 Å². The van der Waals surface area contributed by atoms with Crippen molar-refractivity contribution in [2.75, 3.05) is 7.11 Å². The van der Waals surface area contributed by atoms with Gasteiger partial charge in [0.1, 0.15) is 6.61 Å². The van der Waals surface area contributed by atoms with E-state index in [1.807, 2.05) is 36.4 Å². The monoisotopic (exact) mass is 472 g/mol. The van der Waals surface area contributed by atoms with Crippen molar-refractivity contribution >= 4 is 39.7 Å². The molecule has 29 heavy (non-hydrogen) atoms. The fraction of sp³-hybridized carbons (Fsp3) is 0.0909. The van der Waals surface area contributed by atoms with E-state index in [1.165, 1.54) is 6.21 Å². The zero-order chi connectivity index (χ0) is 20.6. The summed E-state index contributed by atoms with van der Waals surface area (Å²) in [5.74, 6) is 0.800. The summed E-state index contributed by atoms with van der Waals surface area (Å²) in [7, 11) is 1.57. The van der Waals surface area contributed by atoms with E-state index >= 15 is 0 Å². The molecule has 0 aliphatic rings. The summed E-state index contributed by atoms with van der Waals surface area (Å²) in [5.41, 5.74) is 4.67. The molecule has 0 fully saturated rings. The number of para-hydroxylation sites is 1. The first kappa shape index (κ1) is 20.9. The molecule has 148 valence electrons. The normalized spacial score (nSPS) is 10.7. The highest BCUT2D eigenvalue weighted by Gasteiger charge is 2.10. The van der Waals surface area contributed by atoms with Crippen LogP contribution in [0, 0.1) is 0 Å². The van der Waals surface area contributed by atoms with Crippen LogP contribution < -0.4 is 14.9 Å². The highest BCUT2D eigenvalue weighted by atomic mass is 79.9. The fourth-order valence-corrected chi connectivity index (χ4v) is 2.90. The van der Waals surface area contributed by atoms with Crippen LogP contribution in [0.15, 0.2) is 76.3 Å². The van der Waals surface area contributed by atoms with Crippen LogP contribution in [-0.2, 0) is 6.61 Å². The molecule has 0 aliphatic heterocycles. The third-order valence-corrected chi connectivity index (χ3v) is 4.78. The summed E-state index contributed by atoms with van der Waals surface area (Å²) >= 11 is 9.26. The van der Waals surface area contributed by atoms with Crippen molar-refractivity contribution in [3.63, 3.8) is 0 Å². The average Bonchev–Trinajstić information content (AvgIpc) is 2.74. The molecule has 0 radical (unpaired) electrons. The van der Waals surface area contributed by atoms with Crippen molar-refractivity contribution in [2.24, 2.45) is 5.10 Å². The van der Waals surface area contributed by atoms with Crippen molar-refractivity contribution in [3.8, 4) is 11.5 Å². The summed E-state index contributed by atoms with van der Waals surface area (Å²) in [4.78, 5) is 12.2. The van der Waals surface area contributed by atoms with Gasteiger partial charge in [-0.15, -0.1) is 0 Å². The molecule has 5 nitrogen and oxygen atoms in total. The van der Waals surface area contributed by atoms with Crippen molar-refractivity contribution in [1.29, 1.82) is 0 Å². The van der Waals surface area contributed by atoms with Crippen molar-refractivity contribution in [2.45, 2.75) is 6.61 Å². The summed E-state index contributed by atoms with van der Waals surface area (Å²) in [6.45, 7) is 0.337. The van der Waals surface area contributed by atoms with E-state index in [2.05, 4.69) is 26.5 Å². The third-order valence-electron chi connectivity index (χ3n) is 4.00. The van der Waals surface area contributed by atoms with Gasteiger partial charge in [-0.2, -0.15) is 5.10 Å². The Morgan fingerprint density at radius 3 is 2.52 bits per heavy atom. The van der Waals surface area contributed by atoms with Crippen molar-refractivity contribution < 1.29 is 14.3 Å². The first-order valence-electron chi connectivity index (χ1n) is 8.70. The third kappa shape index (κ3) is 5.82. The van der Waals surface area contributed by atoms with Crippen molar-refractivity contribution in [1.82, 2.24) is 5.43 Å². The van der Waals surface area contributed by atoms with E-state index in [-0.39, 0.29) is 5.91 Å². The molecule has 0 saturated heterocycles. The van der Waals surface area contributed by atoms with Crippen LogP contribution in [0.25, 0.3) is 0 Å². The van der Waals surface area contributed by atoms with Gasteiger partial charge < -0.3 is 9.47 Å². The molecule has 3 aromatic rings. The molecule has 7 heteroatoms. The standard InChI is InChI=1S/C22H18BrClN2O3/c1-28-20-4-2-3-17(21(20)29-14-15-5-11-19(24)12-6-15)13-25-26-22(27)16-7-9-18(23)10-8-16/h2-13H,14H2,1H3,(H,26,27)/b25-13+. The highest BCUT2D eigenvalue weighted by Crippen LogP contribution is 2.31. The summed E-state index contributed by atoms with van der Waals surface area (Å²) < 4.78 is 12.3. The first-order chi connectivity index (χ1) is 14.1. The van der Waals surface area contributed by atoms with Gasteiger partial charge in [-0.3, -0.25) is 4.79 Å². The quantitative estimate of drug-likeness (QED) is 0.366. The lowest BCUT2D eigenvalue weighted by Gasteiger charge is -2.13. The molecule has 1 amide bonds. The van der Waals surface area contributed by atoms with Gasteiger partial charge in [-0.25, -0.2) is 5.43 Å². The second kappa shape index (κ2) is 10.1. The molecule has 0 aliphatic carbocycles. The molecule has 0 bridgehead atoms. The first-order valence-corrected chi connectivity index (χ1v) is 9.87. The zero-order valence-corrected chi connectivity index (χ0v) is 17.9. The molecule has 1 N–H and O–H groups in total. The number of methoxy groups -OCH3 is 1. The number of carbonyl (C=O) groups excluding carboxylic acids is 1. The van der Waals surface area contributed by atoms with E-state index in [0.717, 1.165) is 10.0 Å². The van der Waals surface area contributed by atoms with Crippen LogP contribution in [0.1, 0.15) is 21.5 Å². The van der Waals surface area contributed by atoms with Crippen LogP contribution in [0.2, 0.25) is 5.02 Å². The van der Waals surface area contributed by atoms with E-state index < -0.39 is 0 Å². The van der Waals surface area contributed by atoms with Crippen molar-refractivity contribution in [3.05, 3.63) is 92.9 Å². The van der Waals surface area contributed by atoms with Crippen LogP contribution in [0.3, 0.4) is 0 Å². The molecule has 0 saturated carbocycles. The fourth-order valence-electron chi connectivity index (χ4n) is 2.51. The number of rotatable bonds is 7. The number of benzene rings is 3. The number of ether oxygens (including phenoxy) is 2. The van der Waals surface area contributed by atoms with Crippen LogP contribution in [-0.4, -0.2) is 19.2 Å². The molecule has 3 aromatic carbocycles. The summed E-state index contributed by atoms with van der Waals surface area (Å²) in [6, 6.07) is 19.9. The highest BCUT2D eigenvalue weighted by molar-refractivity contribution is 9.10. The minimum atomic E-state index is -0.305. The minimum Gasteiger partial charge on any atom is -0.493 e. The van der Waals surface area contributed by atoms with E-state index in [1.54, 1.807) is 37.4 Å². The lowest BCUT2D eigenvalue weighted by molar-refractivity contribution is 0.0955. The Balaban J connectivity index is 1.72. The molecule has 0 unspecified atom stereocenters. The predicted octanol–water partition coefficient (Wildman–Crippen LogP) is 5.45. The largest absolute Gasteiger partial charge is 0.493 e. The van der Waals surface area contributed by atoms with E-state index in [4.69, 9.17) is 21.1 Å². The average molecular weight is 474 g/mol. The van der Waals surface area contributed by atoms with Gasteiger partial charge in [0.05, 0.1) is 13.3 Å². The number of nitrogens with zero attached hydrogens (tertiary/aromatic N) is 1. The Hall–Kier alpha value is -2.83. The van der Waals surface area contributed by atoms with Gasteiger partial charge in [0.2, 0.25) is 0 Å². The van der Waals surface area contributed by atoms with Gasteiger partial charge in [0, 0.05) is 20.6 Å².